The van der Waals surface area contributed by atoms with E-state index in [2.05, 4.69) is 10.6 Å². The van der Waals surface area contributed by atoms with Crippen LogP contribution in [-0.4, -0.2) is 18.9 Å². The van der Waals surface area contributed by atoms with Gasteiger partial charge in [0, 0.05) is 12.2 Å². The third-order valence-corrected chi connectivity index (χ3v) is 3.73. The van der Waals surface area contributed by atoms with Gasteiger partial charge in [-0.05, 0) is 42.0 Å². The zero-order valence-corrected chi connectivity index (χ0v) is 14.2. The molecule has 0 aliphatic heterocycles. The fourth-order valence-electron chi connectivity index (χ4n) is 2.47. The number of nitrogens with one attached hydrogen (secondary N) is 2. The van der Waals surface area contributed by atoms with E-state index in [0.717, 1.165) is 5.56 Å². The maximum atomic E-state index is 12.3. The number of methoxy groups -OCH3 is 1. The predicted octanol–water partition coefficient (Wildman–Crippen LogP) is 3.47. The smallest absolute Gasteiger partial charge is 0.291 e. The highest BCUT2D eigenvalue weighted by Crippen LogP contribution is 2.17. The molecule has 0 radical (unpaired) electrons. The van der Waals surface area contributed by atoms with Crippen molar-refractivity contribution in [3.63, 3.8) is 0 Å². The lowest BCUT2D eigenvalue weighted by Crippen LogP contribution is -2.23. The first-order chi connectivity index (χ1) is 12.7. The molecule has 1 aromatic heterocycles. The molecule has 0 spiro atoms. The van der Waals surface area contributed by atoms with Crippen molar-refractivity contribution in [3.05, 3.63) is 83.8 Å². The fraction of sp³-hybridized carbons (Fsp3) is 0.100. The van der Waals surface area contributed by atoms with Gasteiger partial charge in [-0.1, -0.05) is 24.3 Å². The molecule has 3 rings (SSSR count). The molecule has 26 heavy (non-hydrogen) atoms. The molecule has 6 heteroatoms. The van der Waals surface area contributed by atoms with Gasteiger partial charge in [-0.15, -0.1) is 0 Å². The van der Waals surface area contributed by atoms with E-state index in [1.807, 2.05) is 12.1 Å². The van der Waals surface area contributed by atoms with Gasteiger partial charge in [-0.2, -0.15) is 0 Å². The predicted molar refractivity (Wildman–Crippen MR) is 97.3 cm³/mol. The van der Waals surface area contributed by atoms with Gasteiger partial charge in [0.1, 0.15) is 5.75 Å². The number of anilines is 1. The van der Waals surface area contributed by atoms with Gasteiger partial charge in [0.05, 0.1) is 18.9 Å². The van der Waals surface area contributed by atoms with Crippen molar-refractivity contribution >= 4 is 17.5 Å². The van der Waals surface area contributed by atoms with E-state index >= 15 is 0 Å². The quantitative estimate of drug-likeness (QED) is 0.713. The van der Waals surface area contributed by atoms with Crippen molar-refractivity contribution in [2.45, 2.75) is 6.54 Å². The first kappa shape index (κ1) is 17.3. The number of furan rings is 1. The van der Waals surface area contributed by atoms with Gasteiger partial charge in [0.2, 0.25) is 0 Å². The molecule has 0 aliphatic carbocycles. The zero-order valence-electron chi connectivity index (χ0n) is 14.2. The van der Waals surface area contributed by atoms with Crippen LogP contribution in [0.4, 0.5) is 5.69 Å². The van der Waals surface area contributed by atoms with Crippen LogP contribution in [0, 0.1) is 0 Å². The van der Waals surface area contributed by atoms with E-state index in [1.54, 1.807) is 48.5 Å². The van der Waals surface area contributed by atoms with Crippen molar-refractivity contribution < 1.29 is 18.7 Å². The van der Waals surface area contributed by atoms with E-state index in [0.29, 0.717) is 23.5 Å². The molecule has 3 aromatic rings. The molecule has 2 N–H and O–H groups in total. The Kier molecular flexibility index (Phi) is 5.34. The van der Waals surface area contributed by atoms with Crippen LogP contribution in [0.1, 0.15) is 26.5 Å². The van der Waals surface area contributed by atoms with E-state index in [4.69, 9.17) is 9.15 Å². The van der Waals surface area contributed by atoms with E-state index in [-0.39, 0.29) is 17.6 Å². The van der Waals surface area contributed by atoms with Gasteiger partial charge in [-0.3, -0.25) is 9.59 Å². The number of ether oxygens (including phenoxy) is 1. The summed E-state index contributed by atoms with van der Waals surface area (Å²) in [6.45, 7) is 0.321. The molecule has 0 atom stereocenters. The second-order valence-corrected chi connectivity index (χ2v) is 5.51. The molecule has 0 unspecified atom stereocenters. The van der Waals surface area contributed by atoms with Crippen LogP contribution in [0.2, 0.25) is 0 Å². The van der Waals surface area contributed by atoms with Crippen molar-refractivity contribution in [1.29, 1.82) is 0 Å². The standard InChI is InChI=1S/C20H18N2O4/c1-25-17-9-3-2-8-16(17)19(23)21-13-14-6-4-7-15(12-14)22-20(24)18-10-5-11-26-18/h2-12H,13H2,1H3,(H,21,23)(H,22,24). The molecule has 132 valence electrons. The summed E-state index contributed by atoms with van der Waals surface area (Å²) in [4.78, 5) is 24.4. The number of rotatable bonds is 6. The van der Waals surface area contributed by atoms with Gasteiger partial charge >= 0.3 is 0 Å². The van der Waals surface area contributed by atoms with Gasteiger partial charge in [0.25, 0.3) is 11.8 Å². The monoisotopic (exact) mass is 350 g/mol. The zero-order chi connectivity index (χ0) is 18.4. The minimum Gasteiger partial charge on any atom is -0.496 e. The lowest BCUT2D eigenvalue weighted by Gasteiger charge is -2.10. The summed E-state index contributed by atoms with van der Waals surface area (Å²) in [6.07, 6.45) is 1.44. The highest BCUT2D eigenvalue weighted by molar-refractivity contribution is 6.02. The maximum Gasteiger partial charge on any atom is 0.291 e. The summed E-state index contributed by atoms with van der Waals surface area (Å²) in [6, 6.07) is 17.5. The molecule has 0 fully saturated rings. The van der Waals surface area contributed by atoms with Crippen LogP contribution in [0.25, 0.3) is 0 Å². The van der Waals surface area contributed by atoms with Crippen LogP contribution in [0.3, 0.4) is 0 Å². The van der Waals surface area contributed by atoms with Crippen LogP contribution in [-0.2, 0) is 6.54 Å². The Bertz CT molecular complexity index is 904. The van der Waals surface area contributed by atoms with Gasteiger partial charge in [-0.25, -0.2) is 0 Å². The molecule has 6 nitrogen and oxygen atoms in total. The second-order valence-electron chi connectivity index (χ2n) is 5.51. The number of hydrogen-bond donors (Lipinski definition) is 2. The summed E-state index contributed by atoms with van der Waals surface area (Å²) >= 11 is 0. The molecule has 0 aliphatic rings. The van der Waals surface area contributed by atoms with E-state index in [9.17, 15) is 9.59 Å². The fourth-order valence-corrected chi connectivity index (χ4v) is 2.47. The van der Waals surface area contributed by atoms with Crippen molar-refractivity contribution in [3.8, 4) is 5.75 Å². The maximum absolute atomic E-state index is 12.3. The summed E-state index contributed by atoms with van der Waals surface area (Å²) < 4.78 is 10.3. The van der Waals surface area contributed by atoms with Crippen molar-refractivity contribution in [2.75, 3.05) is 12.4 Å². The Morgan fingerprint density at radius 2 is 1.85 bits per heavy atom. The minimum absolute atomic E-state index is 0.229. The molecule has 2 aromatic carbocycles. The van der Waals surface area contributed by atoms with Gasteiger partial charge in [0.15, 0.2) is 5.76 Å². The second kappa shape index (κ2) is 8.02. The first-order valence-corrected chi connectivity index (χ1v) is 8.02. The minimum atomic E-state index is -0.329. The number of para-hydroxylation sites is 1. The molecule has 1 heterocycles. The van der Waals surface area contributed by atoms with E-state index < -0.39 is 0 Å². The third kappa shape index (κ3) is 4.10. The SMILES string of the molecule is COc1ccccc1C(=O)NCc1cccc(NC(=O)c2ccco2)c1. The Balaban J connectivity index is 1.63. The topological polar surface area (TPSA) is 80.6 Å². The number of amides is 2. The molecule has 0 saturated carbocycles. The molecule has 0 bridgehead atoms. The Morgan fingerprint density at radius 3 is 2.62 bits per heavy atom. The Hall–Kier alpha value is -3.54. The van der Waals surface area contributed by atoms with Crippen LogP contribution in [0.15, 0.2) is 71.3 Å². The van der Waals surface area contributed by atoms with Crippen LogP contribution >= 0.6 is 0 Å². The lowest BCUT2D eigenvalue weighted by atomic mass is 10.1. The average molecular weight is 350 g/mol. The van der Waals surface area contributed by atoms with E-state index in [1.165, 1.54) is 13.4 Å². The van der Waals surface area contributed by atoms with Gasteiger partial charge < -0.3 is 19.8 Å². The molecular formula is C20H18N2O4. The van der Waals surface area contributed by atoms with Crippen LogP contribution in [0.5, 0.6) is 5.75 Å². The Morgan fingerprint density at radius 1 is 1.00 bits per heavy atom. The third-order valence-electron chi connectivity index (χ3n) is 3.73. The summed E-state index contributed by atoms with van der Waals surface area (Å²) in [5.74, 6) is 0.196. The average Bonchev–Trinajstić information content (AvgIpc) is 3.21. The number of carbonyl (C=O) groups is 2. The molecule has 2 amide bonds. The summed E-state index contributed by atoms with van der Waals surface area (Å²) in [5.41, 5.74) is 1.94. The van der Waals surface area contributed by atoms with Crippen molar-refractivity contribution in [2.24, 2.45) is 0 Å². The number of hydrogen-bond acceptors (Lipinski definition) is 4. The van der Waals surface area contributed by atoms with Crippen molar-refractivity contribution in [1.82, 2.24) is 5.32 Å². The Labute approximate surface area is 150 Å². The highest BCUT2D eigenvalue weighted by Gasteiger charge is 2.12. The first-order valence-electron chi connectivity index (χ1n) is 8.02. The number of benzene rings is 2. The van der Waals surface area contributed by atoms with Crippen LogP contribution < -0.4 is 15.4 Å². The molecular weight excluding hydrogens is 332 g/mol. The molecule has 0 saturated heterocycles. The highest BCUT2D eigenvalue weighted by atomic mass is 16.5. The summed E-state index contributed by atoms with van der Waals surface area (Å²) in [7, 11) is 1.53. The number of carbonyl (C=O) groups excluding carboxylic acids is 2. The largest absolute Gasteiger partial charge is 0.496 e. The normalized spacial score (nSPS) is 10.2. The summed E-state index contributed by atoms with van der Waals surface area (Å²) in [5, 5.41) is 5.60. The lowest BCUT2D eigenvalue weighted by molar-refractivity contribution is 0.0946.